The van der Waals surface area contributed by atoms with Crippen LogP contribution in [0.25, 0.3) is 11.0 Å². The van der Waals surface area contributed by atoms with Gasteiger partial charge in [-0.25, -0.2) is 9.59 Å². The molecule has 0 aliphatic rings. The van der Waals surface area contributed by atoms with E-state index < -0.39 is 21.6 Å². The van der Waals surface area contributed by atoms with Crippen LogP contribution in [-0.2, 0) is 9.59 Å². The first-order valence-corrected chi connectivity index (χ1v) is 9.59. The average Bonchev–Trinajstić information content (AvgIpc) is 2.60. The fraction of sp³-hybridized carbons (Fsp3) is 0.333. The fourth-order valence-electron chi connectivity index (χ4n) is 2.37. The van der Waals surface area contributed by atoms with Gasteiger partial charge in [-0.3, -0.25) is 9.59 Å². The molecule has 0 saturated carbocycles. The van der Waals surface area contributed by atoms with Crippen molar-refractivity contribution >= 4 is 51.5 Å². The topological polar surface area (TPSA) is 132 Å². The molecule has 0 spiro atoms. The zero-order valence-corrected chi connectivity index (χ0v) is 17.5. The van der Waals surface area contributed by atoms with Gasteiger partial charge >= 0.3 is 11.7 Å². The van der Waals surface area contributed by atoms with Gasteiger partial charge in [0.05, 0.1) is 3.92 Å². The normalized spacial score (nSPS) is 11.7. The lowest BCUT2D eigenvalue weighted by atomic mass is 10.1. The Kier molecular flexibility index (Phi) is 7.38. The monoisotopic (exact) mass is 501 g/mol. The number of likely N-dealkylation sites (N-methyl/N-ethyl adjacent to an activating group) is 1. The maximum Gasteiger partial charge on any atom is 0.415 e. The zero-order valence-electron chi connectivity index (χ0n) is 15.4. The fourth-order valence-corrected chi connectivity index (χ4v) is 3.02. The summed E-state index contributed by atoms with van der Waals surface area (Å²) in [6, 6.07) is 6.17. The van der Waals surface area contributed by atoms with Crippen molar-refractivity contribution in [1.29, 1.82) is 0 Å². The van der Waals surface area contributed by atoms with Crippen LogP contribution in [0.15, 0.2) is 33.5 Å². The van der Waals surface area contributed by atoms with Crippen molar-refractivity contribution in [2.24, 2.45) is 5.73 Å². The first-order chi connectivity index (χ1) is 13.2. The van der Waals surface area contributed by atoms with Gasteiger partial charge in [0, 0.05) is 44.1 Å². The summed E-state index contributed by atoms with van der Waals surface area (Å²) in [5, 5.41) is 3.37. The second-order valence-electron chi connectivity index (χ2n) is 6.12. The van der Waals surface area contributed by atoms with E-state index in [0.717, 1.165) is 10.9 Å². The predicted octanol–water partition coefficient (Wildman–Crippen LogP) is 1.33. The van der Waals surface area contributed by atoms with Crippen molar-refractivity contribution in [2.45, 2.75) is 17.3 Å². The largest absolute Gasteiger partial charge is 0.423 e. The highest BCUT2D eigenvalue weighted by Gasteiger charge is 2.18. The number of nitrogens with one attached hydrogen (secondary N) is 1. The summed E-state index contributed by atoms with van der Waals surface area (Å²) < 4.78 is 9.83. The van der Waals surface area contributed by atoms with Crippen molar-refractivity contribution in [3.05, 3.63) is 40.2 Å². The zero-order chi connectivity index (χ0) is 20.8. The van der Waals surface area contributed by atoms with E-state index >= 15 is 0 Å². The van der Waals surface area contributed by atoms with Crippen molar-refractivity contribution < 1.29 is 23.5 Å². The molecule has 28 heavy (non-hydrogen) atoms. The molecule has 0 fully saturated rings. The number of benzene rings is 1. The molecule has 0 saturated heterocycles. The Morgan fingerprint density at radius 2 is 2.04 bits per heavy atom. The number of hydrogen-bond donors (Lipinski definition) is 2. The third-order valence-corrected chi connectivity index (χ3v) is 4.86. The van der Waals surface area contributed by atoms with E-state index in [1.165, 1.54) is 24.1 Å². The van der Waals surface area contributed by atoms with Gasteiger partial charge in [-0.15, -0.1) is 0 Å². The molecule has 1 heterocycles. The van der Waals surface area contributed by atoms with Gasteiger partial charge in [0.1, 0.15) is 11.3 Å². The molecule has 10 heteroatoms. The molecule has 2 rings (SSSR count). The van der Waals surface area contributed by atoms with Gasteiger partial charge < -0.3 is 25.1 Å². The predicted molar refractivity (Wildman–Crippen MR) is 111 cm³/mol. The molecule has 0 aliphatic heterocycles. The molecule has 3 amide bonds. The van der Waals surface area contributed by atoms with Crippen LogP contribution in [0.3, 0.4) is 0 Å². The Balaban J connectivity index is 1.90. The van der Waals surface area contributed by atoms with Crippen molar-refractivity contribution in [3.63, 3.8) is 0 Å². The number of aryl methyl sites for hydroxylation is 1. The molecule has 3 N–H and O–H groups in total. The summed E-state index contributed by atoms with van der Waals surface area (Å²) in [6.07, 6.45) is -0.686. The third kappa shape index (κ3) is 5.94. The van der Waals surface area contributed by atoms with E-state index in [1.807, 2.05) is 22.6 Å². The molecule has 2 aromatic rings. The van der Waals surface area contributed by atoms with Crippen LogP contribution in [0, 0.1) is 6.92 Å². The molecule has 0 unspecified atom stereocenters. The molecule has 9 nitrogen and oxygen atoms in total. The lowest BCUT2D eigenvalue weighted by Crippen LogP contribution is -2.40. The number of carbonyl (C=O) groups excluding carboxylic acids is 3. The van der Waals surface area contributed by atoms with Crippen LogP contribution in [0.4, 0.5) is 4.79 Å². The standard InChI is InChI=1S/C18H20IN3O6/c1-10-7-16(24)28-14-8-11(3-4-12(10)14)27-18(26)22(2)6-5-21-17(25)13(19)9-15(20)23/h3-4,7-8,13H,5-6,9H2,1-2H3,(H2,20,23)(H,21,25)/t13-/m1/s1. The molecular weight excluding hydrogens is 481 g/mol. The van der Waals surface area contributed by atoms with E-state index in [9.17, 15) is 19.2 Å². The Morgan fingerprint density at radius 1 is 1.32 bits per heavy atom. The SMILES string of the molecule is Cc1cc(=O)oc2cc(OC(=O)N(C)CCNC(=O)[C@H](I)CC(N)=O)ccc12. The van der Waals surface area contributed by atoms with Crippen LogP contribution in [0.1, 0.15) is 12.0 Å². The van der Waals surface area contributed by atoms with Crippen LogP contribution in [0.2, 0.25) is 0 Å². The number of hydrogen-bond acceptors (Lipinski definition) is 6. The van der Waals surface area contributed by atoms with Gasteiger partial charge in [0.2, 0.25) is 11.8 Å². The molecule has 0 aliphatic carbocycles. The highest BCUT2D eigenvalue weighted by molar-refractivity contribution is 14.1. The lowest BCUT2D eigenvalue weighted by molar-refractivity contribution is -0.124. The van der Waals surface area contributed by atoms with E-state index in [4.69, 9.17) is 14.9 Å². The number of carbonyl (C=O) groups is 3. The number of fused-ring (bicyclic) bond motifs is 1. The van der Waals surface area contributed by atoms with Gasteiger partial charge in [-0.2, -0.15) is 0 Å². The number of nitrogens with two attached hydrogens (primary N) is 1. The van der Waals surface area contributed by atoms with Crippen LogP contribution >= 0.6 is 22.6 Å². The smallest absolute Gasteiger partial charge is 0.415 e. The van der Waals surface area contributed by atoms with Crippen LogP contribution < -0.4 is 21.4 Å². The van der Waals surface area contributed by atoms with Crippen molar-refractivity contribution in [3.8, 4) is 5.75 Å². The lowest BCUT2D eigenvalue weighted by Gasteiger charge is -2.17. The number of alkyl halides is 1. The second-order valence-corrected chi connectivity index (χ2v) is 7.63. The Labute approximate surface area is 174 Å². The third-order valence-electron chi connectivity index (χ3n) is 3.85. The van der Waals surface area contributed by atoms with Crippen molar-refractivity contribution in [1.82, 2.24) is 10.2 Å². The van der Waals surface area contributed by atoms with E-state index in [-0.39, 0.29) is 31.2 Å². The van der Waals surface area contributed by atoms with Crippen LogP contribution in [0.5, 0.6) is 5.75 Å². The number of halogens is 1. The summed E-state index contributed by atoms with van der Waals surface area (Å²) in [7, 11) is 1.52. The van der Waals surface area contributed by atoms with Crippen molar-refractivity contribution in [2.75, 3.05) is 20.1 Å². The van der Waals surface area contributed by atoms with E-state index in [1.54, 1.807) is 19.1 Å². The summed E-state index contributed by atoms with van der Waals surface area (Å²) >= 11 is 1.83. The number of nitrogens with zero attached hydrogens (tertiary/aromatic N) is 1. The van der Waals surface area contributed by atoms with Gasteiger partial charge in [0.15, 0.2) is 0 Å². The summed E-state index contributed by atoms with van der Waals surface area (Å²) in [5.41, 5.74) is 5.67. The summed E-state index contributed by atoms with van der Waals surface area (Å²) in [4.78, 5) is 47.6. The maximum absolute atomic E-state index is 12.2. The molecule has 0 radical (unpaired) electrons. The molecule has 1 aromatic carbocycles. The van der Waals surface area contributed by atoms with Crippen LogP contribution in [-0.4, -0.2) is 46.9 Å². The average molecular weight is 501 g/mol. The second kappa shape index (κ2) is 9.53. The summed E-state index contributed by atoms with van der Waals surface area (Å²) in [5.74, 6) is -0.659. The maximum atomic E-state index is 12.2. The minimum Gasteiger partial charge on any atom is -0.423 e. The molecule has 0 bridgehead atoms. The molecule has 1 atom stereocenters. The highest BCUT2D eigenvalue weighted by Crippen LogP contribution is 2.22. The highest BCUT2D eigenvalue weighted by atomic mass is 127. The molecular formula is C18H20IN3O6. The van der Waals surface area contributed by atoms with Gasteiger partial charge in [-0.05, 0) is 24.6 Å². The molecule has 1 aromatic heterocycles. The first kappa shape index (κ1) is 21.7. The number of ether oxygens (including phenoxy) is 1. The first-order valence-electron chi connectivity index (χ1n) is 8.35. The number of primary amides is 1. The number of rotatable bonds is 7. The van der Waals surface area contributed by atoms with E-state index in [0.29, 0.717) is 5.58 Å². The van der Waals surface area contributed by atoms with Gasteiger partial charge in [0.25, 0.3) is 0 Å². The Morgan fingerprint density at radius 3 is 2.71 bits per heavy atom. The number of amides is 3. The molecule has 150 valence electrons. The Hall–Kier alpha value is -2.63. The summed E-state index contributed by atoms with van der Waals surface area (Å²) in [6.45, 7) is 2.18. The Bertz CT molecular complexity index is 958. The minimum atomic E-state index is -0.633. The quantitative estimate of drug-likeness (QED) is 0.334. The van der Waals surface area contributed by atoms with E-state index in [2.05, 4.69) is 5.32 Å². The van der Waals surface area contributed by atoms with Gasteiger partial charge in [-0.1, -0.05) is 22.6 Å². The minimum absolute atomic E-state index is 0.0537.